The lowest BCUT2D eigenvalue weighted by Gasteiger charge is -2.34. The summed E-state index contributed by atoms with van der Waals surface area (Å²) in [6.07, 6.45) is 0. The lowest BCUT2D eigenvalue weighted by molar-refractivity contribution is -0.134. The molecule has 0 spiro atoms. The van der Waals surface area contributed by atoms with E-state index in [0.717, 1.165) is 16.3 Å². The Bertz CT molecular complexity index is 1030. The predicted octanol–water partition coefficient (Wildman–Crippen LogP) is 4.20. The quantitative estimate of drug-likeness (QED) is 0.571. The maximum absolute atomic E-state index is 13.0. The first kappa shape index (κ1) is 20.8. The van der Waals surface area contributed by atoms with Gasteiger partial charge in [-0.2, -0.15) is 11.3 Å². The van der Waals surface area contributed by atoms with E-state index in [1.54, 1.807) is 45.4 Å². The Labute approximate surface area is 187 Å². The molecule has 1 saturated heterocycles. The molecule has 0 bridgehead atoms. The number of nitrogens with zero attached hydrogens (tertiary/aromatic N) is 3. The van der Waals surface area contributed by atoms with Gasteiger partial charge in [0, 0.05) is 42.1 Å². The summed E-state index contributed by atoms with van der Waals surface area (Å²) in [5.41, 5.74) is 1.80. The van der Waals surface area contributed by atoms with Crippen molar-refractivity contribution >= 4 is 46.1 Å². The maximum Gasteiger partial charge on any atom is 0.265 e. The highest BCUT2D eigenvalue weighted by molar-refractivity contribution is 7.17. The zero-order valence-corrected chi connectivity index (χ0v) is 18.7. The molecule has 3 aromatic rings. The first-order valence-corrected chi connectivity index (χ1v) is 11.6. The largest absolute Gasteiger partial charge is 0.484 e. The third-order valence-corrected chi connectivity index (χ3v) is 6.98. The van der Waals surface area contributed by atoms with Crippen LogP contribution < -0.4 is 4.74 Å². The van der Waals surface area contributed by atoms with E-state index >= 15 is 0 Å². The highest BCUT2D eigenvalue weighted by Gasteiger charge is 2.27. The van der Waals surface area contributed by atoms with Crippen molar-refractivity contribution in [3.63, 3.8) is 0 Å². The van der Waals surface area contributed by atoms with Crippen molar-refractivity contribution in [2.45, 2.75) is 6.92 Å². The van der Waals surface area contributed by atoms with E-state index in [9.17, 15) is 9.59 Å². The molecule has 30 heavy (non-hydrogen) atoms. The number of carbonyl (C=O) groups is 2. The fourth-order valence-electron chi connectivity index (χ4n) is 3.17. The minimum atomic E-state index is -0.0919. The maximum atomic E-state index is 13.0. The second kappa shape index (κ2) is 9.16. The lowest BCUT2D eigenvalue weighted by Crippen LogP contribution is -2.51. The Balaban J connectivity index is 1.31. The summed E-state index contributed by atoms with van der Waals surface area (Å²) in [6, 6.07) is 8.91. The molecule has 1 aliphatic heterocycles. The average molecular weight is 462 g/mol. The van der Waals surface area contributed by atoms with Gasteiger partial charge in [0.2, 0.25) is 0 Å². The molecular formula is C21H20ClN3O3S2. The lowest BCUT2D eigenvalue weighted by atomic mass is 10.2. The number of thiazole rings is 1. The number of carbonyl (C=O) groups excluding carboxylic acids is 2. The topological polar surface area (TPSA) is 62.7 Å². The monoisotopic (exact) mass is 461 g/mol. The Hall–Kier alpha value is -2.42. The van der Waals surface area contributed by atoms with Crippen LogP contribution in [-0.4, -0.2) is 59.4 Å². The summed E-state index contributed by atoms with van der Waals surface area (Å²) >= 11 is 8.89. The zero-order valence-electron chi connectivity index (χ0n) is 16.3. The molecule has 1 aliphatic rings. The van der Waals surface area contributed by atoms with Crippen molar-refractivity contribution in [2.24, 2.45) is 0 Å². The van der Waals surface area contributed by atoms with Crippen LogP contribution in [0, 0.1) is 6.92 Å². The molecular weight excluding hydrogens is 442 g/mol. The van der Waals surface area contributed by atoms with Crippen molar-refractivity contribution in [2.75, 3.05) is 32.8 Å². The summed E-state index contributed by atoms with van der Waals surface area (Å²) in [6.45, 7) is 3.81. The smallest absolute Gasteiger partial charge is 0.265 e. The van der Waals surface area contributed by atoms with E-state index in [0.29, 0.717) is 41.8 Å². The van der Waals surface area contributed by atoms with Gasteiger partial charge in [0.15, 0.2) is 6.61 Å². The van der Waals surface area contributed by atoms with E-state index < -0.39 is 0 Å². The summed E-state index contributed by atoms with van der Waals surface area (Å²) in [5, 5.41) is 5.52. The first-order valence-electron chi connectivity index (χ1n) is 9.46. The second-order valence-electron chi connectivity index (χ2n) is 6.86. The zero-order chi connectivity index (χ0) is 21.1. The van der Waals surface area contributed by atoms with Crippen LogP contribution in [0.25, 0.3) is 10.6 Å². The van der Waals surface area contributed by atoms with E-state index in [-0.39, 0.29) is 18.4 Å². The fourth-order valence-corrected chi connectivity index (χ4v) is 5.05. The minimum Gasteiger partial charge on any atom is -0.484 e. The molecule has 1 aromatic carbocycles. The number of halogens is 1. The normalized spacial score (nSPS) is 14.1. The van der Waals surface area contributed by atoms with Crippen LogP contribution in [-0.2, 0) is 4.79 Å². The summed E-state index contributed by atoms with van der Waals surface area (Å²) in [4.78, 5) is 34.2. The molecule has 0 aliphatic carbocycles. The van der Waals surface area contributed by atoms with Gasteiger partial charge < -0.3 is 14.5 Å². The number of rotatable bonds is 5. The average Bonchev–Trinajstić information content (AvgIpc) is 3.42. The van der Waals surface area contributed by atoms with Crippen LogP contribution in [0.4, 0.5) is 0 Å². The molecule has 0 atom stereocenters. The number of hydrogen-bond donors (Lipinski definition) is 0. The van der Waals surface area contributed by atoms with Gasteiger partial charge in [0.05, 0.1) is 5.69 Å². The van der Waals surface area contributed by atoms with Gasteiger partial charge in [-0.1, -0.05) is 11.6 Å². The molecule has 6 nitrogen and oxygen atoms in total. The molecule has 2 aromatic heterocycles. The number of hydrogen-bond acceptors (Lipinski definition) is 6. The molecule has 0 unspecified atom stereocenters. The van der Waals surface area contributed by atoms with Crippen LogP contribution in [0.3, 0.4) is 0 Å². The van der Waals surface area contributed by atoms with Gasteiger partial charge in [-0.05, 0) is 42.6 Å². The molecule has 1 fully saturated rings. The van der Waals surface area contributed by atoms with Crippen LogP contribution in [0.2, 0.25) is 5.02 Å². The van der Waals surface area contributed by atoms with Gasteiger partial charge in [-0.3, -0.25) is 9.59 Å². The van der Waals surface area contributed by atoms with E-state index in [4.69, 9.17) is 16.3 Å². The van der Waals surface area contributed by atoms with Crippen molar-refractivity contribution in [3.8, 4) is 16.3 Å². The van der Waals surface area contributed by atoms with E-state index in [1.807, 2.05) is 23.8 Å². The van der Waals surface area contributed by atoms with Crippen LogP contribution >= 0.6 is 34.3 Å². The number of aromatic nitrogens is 1. The number of thiophene rings is 1. The summed E-state index contributed by atoms with van der Waals surface area (Å²) in [5.74, 6) is 0.491. The Morgan fingerprint density at radius 1 is 1.10 bits per heavy atom. The SMILES string of the molecule is Cc1nc(-c2ccsc2)sc1C(=O)N1CCN(C(=O)COc2ccc(Cl)cc2)CC1. The van der Waals surface area contributed by atoms with Gasteiger partial charge >= 0.3 is 0 Å². The first-order chi connectivity index (χ1) is 14.5. The number of benzene rings is 1. The number of amides is 2. The number of aryl methyl sites for hydroxylation is 1. The van der Waals surface area contributed by atoms with Gasteiger partial charge in [0.25, 0.3) is 11.8 Å². The molecule has 0 N–H and O–H groups in total. The van der Waals surface area contributed by atoms with Crippen molar-refractivity contribution < 1.29 is 14.3 Å². The Morgan fingerprint density at radius 2 is 1.80 bits per heavy atom. The van der Waals surface area contributed by atoms with Crippen LogP contribution in [0.15, 0.2) is 41.1 Å². The van der Waals surface area contributed by atoms with Gasteiger partial charge in [-0.25, -0.2) is 4.98 Å². The third kappa shape index (κ3) is 4.66. The highest BCUT2D eigenvalue weighted by atomic mass is 35.5. The predicted molar refractivity (Wildman–Crippen MR) is 120 cm³/mol. The summed E-state index contributed by atoms with van der Waals surface area (Å²) < 4.78 is 5.54. The standard InChI is InChI=1S/C21H20ClN3O3S2/c1-14-19(30-20(23-14)15-6-11-29-13-15)21(27)25-9-7-24(8-10-25)18(26)12-28-17-4-2-16(22)3-5-17/h2-6,11,13H,7-10,12H2,1H3. The third-order valence-electron chi connectivity index (χ3n) is 4.85. The molecule has 3 heterocycles. The molecule has 0 radical (unpaired) electrons. The Kier molecular flexibility index (Phi) is 6.36. The second-order valence-corrected chi connectivity index (χ2v) is 9.08. The highest BCUT2D eigenvalue weighted by Crippen LogP contribution is 2.30. The number of piperazine rings is 1. The molecule has 9 heteroatoms. The summed E-state index contributed by atoms with van der Waals surface area (Å²) in [7, 11) is 0. The fraction of sp³-hybridized carbons (Fsp3) is 0.286. The van der Waals surface area contributed by atoms with Gasteiger partial charge in [-0.15, -0.1) is 11.3 Å². The molecule has 2 amide bonds. The van der Waals surface area contributed by atoms with Crippen molar-refractivity contribution in [1.29, 1.82) is 0 Å². The Morgan fingerprint density at radius 3 is 2.47 bits per heavy atom. The minimum absolute atomic E-state index is 0.0176. The molecule has 0 saturated carbocycles. The van der Waals surface area contributed by atoms with Crippen molar-refractivity contribution in [1.82, 2.24) is 14.8 Å². The molecule has 4 rings (SSSR count). The van der Waals surface area contributed by atoms with Crippen LogP contribution in [0.5, 0.6) is 5.75 Å². The van der Waals surface area contributed by atoms with Gasteiger partial charge in [0.1, 0.15) is 15.6 Å². The van der Waals surface area contributed by atoms with Crippen molar-refractivity contribution in [3.05, 3.63) is 56.7 Å². The van der Waals surface area contributed by atoms with E-state index in [1.165, 1.54) is 11.3 Å². The van der Waals surface area contributed by atoms with Crippen LogP contribution in [0.1, 0.15) is 15.4 Å². The number of ether oxygens (including phenoxy) is 1. The molecule has 156 valence electrons. The van der Waals surface area contributed by atoms with E-state index in [2.05, 4.69) is 4.98 Å².